The number of hydrogen-bond acceptors (Lipinski definition) is 7. The van der Waals surface area contributed by atoms with Gasteiger partial charge in [0.25, 0.3) is 0 Å². The second-order valence-electron chi connectivity index (χ2n) is 6.68. The van der Waals surface area contributed by atoms with Crippen molar-refractivity contribution in [3.05, 3.63) is 34.9 Å². The van der Waals surface area contributed by atoms with Crippen LogP contribution in [0.3, 0.4) is 0 Å². The molecule has 27 heavy (non-hydrogen) atoms. The number of morpholine rings is 1. The zero-order valence-corrected chi connectivity index (χ0v) is 16.7. The highest BCUT2D eigenvalue weighted by atomic mass is 79.9. The maximum atomic E-state index is 5.65. The highest BCUT2D eigenvalue weighted by molar-refractivity contribution is 9.10. The summed E-state index contributed by atoms with van der Waals surface area (Å²) in [4.78, 5) is 11.3. The Morgan fingerprint density at radius 1 is 1.15 bits per heavy atom. The van der Waals surface area contributed by atoms with Gasteiger partial charge in [0.2, 0.25) is 5.95 Å². The molecule has 144 valence electrons. The van der Waals surface area contributed by atoms with Crippen LogP contribution in [-0.4, -0.2) is 55.5 Å². The van der Waals surface area contributed by atoms with Crippen molar-refractivity contribution in [1.82, 2.24) is 9.97 Å². The van der Waals surface area contributed by atoms with E-state index in [4.69, 9.17) is 9.47 Å². The van der Waals surface area contributed by atoms with Crippen LogP contribution >= 0.6 is 15.9 Å². The van der Waals surface area contributed by atoms with Gasteiger partial charge in [-0.15, -0.1) is 0 Å². The van der Waals surface area contributed by atoms with E-state index in [2.05, 4.69) is 65.7 Å². The maximum Gasteiger partial charge on any atom is 0.229 e. The van der Waals surface area contributed by atoms with Gasteiger partial charge in [0.15, 0.2) is 0 Å². The Kier molecular flexibility index (Phi) is 6.06. The largest absolute Gasteiger partial charge is 0.378 e. The number of rotatable bonds is 6. The van der Waals surface area contributed by atoms with Gasteiger partial charge in [-0.2, -0.15) is 4.98 Å². The summed E-state index contributed by atoms with van der Waals surface area (Å²) in [5, 5.41) is 6.62. The first kappa shape index (κ1) is 18.5. The van der Waals surface area contributed by atoms with E-state index < -0.39 is 0 Å². The molecule has 0 saturated carbocycles. The fourth-order valence-corrected chi connectivity index (χ4v) is 3.60. The van der Waals surface area contributed by atoms with Gasteiger partial charge in [0.05, 0.1) is 23.8 Å². The molecule has 4 rings (SSSR count). The summed E-state index contributed by atoms with van der Waals surface area (Å²) in [6.45, 7) is 5.04. The normalized spacial score (nSPS) is 19.9. The predicted molar refractivity (Wildman–Crippen MR) is 110 cm³/mol. The molecule has 0 aliphatic carbocycles. The van der Waals surface area contributed by atoms with Gasteiger partial charge in [-0.1, -0.05) is 0 Å². The summed E-state index contributed by atoms with van der Waals surface area (Å²) in [5.74, 6) is 1.33. The maximum absolute atomic E-state index is 5.65. The molecule has 0 spiro atoms. The van der Waals surface area contributed by atoms with E-state index in [9.17, 15) is 0 Å². The molecule has 8 heteroatoms. The molecular formula is C19H24BrN5O2. The Balaban J connectivity index is 1.38. The molecule has 0 radical (unpaired) electrons. The first-order valence-electron chi connectivity index (χ1n) is 9.36. The molecule has 2 N–H and O–H groups in total. The van der Waals surface area contributed by atoms with E-state index in [1.54, 1.807) is 6.20 Å². The Bertz CT molecular complexity index is 746. The third-order valence-electron chi connectivity index (χ3n) is 4.76. The SMILES string of the molecule is Brc1cnc(Nc2ccc(N3CCOCC3)cc2)nc1NCC1CCCO1. The minimum absolute atomic E-state index is 0.260. The molecule has 7 nitrogen and oxygen atoms in total. The van der Waals surface area contributed by atoms with Crippen molar-refractivity contribution in [2.45, 2.75) is 18.9 Å². The first-order chi connectivity index (χ1) is 13.3. The Hall–Kier alpha value is -1.90. The molecular weight excluding hydrogens is 410 g/mol. The van der Waals surface area contributed by atoms with Crippen molar-refractivity contribution >= 4 is 39.1 Å². The zero-order chi connectivity index (χ0) is 18.5. The fraction of sp³-hybridized carbons (Fsp3) is 0.474. The molecule has 0 bridgehead atoms. The van der Waals surface area contributed by atoms with Gasteiger partial charge >= 0.3 is 0 Å². The number of nitrogens with zero attached hydrogens (tertiary/aromatic N) is 3. The van der Waals surface area contributed by atoms with Crippen LogP contribution in [0.15, 0.2) is 34.9 Å². The smallest absolute Gasteiger partial charge is 0.229 e. The zero-order valence-electron chi connectivity index (χ0n) is 15.2. The number of halogens is 1. The molecule has 2 aromatic rings. The third kappa shape index (κ3) is 4.88. The lowest BCUT2D eigenvalue weighted by atomic mass is 10.2. The monoisotopic (exact) mass is 433 g/mol. The molecule has 1 unspecified atom stereocenters. The number of hydrogen-bond donors (Lipinski definition) is 2. The highest BCUT2D eigenvalue weighted by Crippen LogP contribution is 2.24. The standard InChI is InChI=1S/C19H24BrN5O2/c20-17-13-22-19(24-18(17)21-12-16-2-1-9-27-16)23-14-3-5-15(6-4-14)25-7-10-26-11-8-25/h3-6,13,16H,1-2,7-12H2,(H2,21,22,23,24). The Morgan fingerprint density at radius 3 is 2.70 bits per heavy atom. The van der Waals surface area contributed by atoms with Crippen molar-refractivity contribution in [3.63, 3.8) is 0 Å². The van der Waals surface area contributed by atoms with Crippen molar-refractivity contribution in [1.29, 1.82) is 0 Å². The second kappa shape index (κ2) is 8.86. The molecule has 3 heterocycles. The summed E-state index contributed by atoms with van der Waals surface area (Å²) in [5.41, 5.74) is 2.17. The summed E-state index contributed by atoms with van der Waals surface area (Å²) < 4.78 is 11.9. The van der Waals surface area contributed by atoms with E-state index in [-0.39, 0.29) is 6.10 Å². The van der Waals surface area contributed by atoms with Crippen LogP contribution in [0, 0.1) is 0 Å². The quantitative estimate of drug-likeness (QED) is 0.722. The topological polar surface area (TPSA) is 71.5 Å². The predicted octanol–water partition coefficient (Wildman–Crippen LogP) is 3.41. The van der Waals surface area contributed by atoms with Crippen molar-refractivity contribution < 1.29 is 9.47 Å². The number of anilines is 4. The minimum atomic E-state index is 0.260. The van der Waals surface area contributed by atoms with Crippen molar-refractivity contribution in [2.75, 3.05) is 55.0 Å². The molecule has 1 aromatic carbocycles. The van der Waals surface area contributed by atoms with E-state index in [1.165, 1.54) is 5.69 Å². The Morgan fingerprint density at radius 2 is 1.96 bits per heavy atom. The van der Waals surface area contributed by atoms with Gasteiger partial charge in [-0.3, -0.25) is 0 Å². The van der Waals surface area contributed by atoms with Crippen LogP contribution < -0.4 is 15.5 Å². The van der Waals surface area contributed by atoms with Gasteiger partial charge in [-0.25, -0.2) is 4.98 Å². The van der Waals surface area contributed by atoms with Crippen LogP contribution in [0.2, 0.25) is 0 Å². The van der Waals surface area contributed by atoms with Gasteiger partial charge in [0.1, 0.15) is 5.82 Å². The van der Waals surface area contributed by atoms with Crippen LogP contribution in [-0.2, 0) is 9.47 Å². The molecule has 0 amide bonds. The van der Waals surface area contributed by atoms with E-state index >= 15 is 0 Å². The highest BCUT2D eigenvalue weighted by Gasteiger charge is 2.16. The number of nitrogens with one attached hydrogen (secondary N) is 2. The van der Waals surface area contributed by atoms with Gasteiger partial charge in [0, 0.05) is 43.8 Å². The summed E-state index contributed by atoms with van der Waals surface area (Å²) >= 11 is 3.51. The summed E-state index contributed by atoms with van der Waals surface area (Å²) in [7, 11) is 0. The van der Waals surface area contributed by atoms with E-state index in [0.29, 0.717) is 5.95 Å². The second-order valence-corrected chi connectivity index (χ2v) is 7.53. The summed E-state index contributed by atoms with van der Waals surface area (Å²) in [6.07, 6.45) is 4.24. The van der Waals surface area contributed by atoms with Crippen LogP contribution in [0.5, 0.6) is 0 Å². The minimum Gasteiger partial charge on any atom is -0.378 e. The van der Waals surface area contributed by atoms with Gasteiger partial charge < -0.3 is 25.0 Å². The lowest BCUT2D eigenvalue weighted by Crippen LogP contribution is -2.36. The number of aromatic nitrogens is 2. The fourth-order valence-electron chi connectivity index (χ4n) is 3.27. The van der Waals surface area contributed by atoms with Crippen LogP contribution in [0.1, 0.15) is 12.8 Å². The number of ether oxygens (including phenoxy) is 2. The van der Waals surface area contributed by atoms with Crippen molar-refractivity contribution in [3.8, 4) is 0 Å². The van der Waals surface area contributed by atoms with Crippen LogP contribution in [0.4, 0.5) is 23.1 Å². The molecule has 1 atom stereocenters. The van der Waals surface area contributed by atoms with Gasteiger partial charge in [-0.05, 0) is 53.0 Å². The van der Waals surface area contributed by atoms with Crippen LogP contribution in [0.25, 0.3) is 0 Å². The average molecular weight is 434 g/mol. The molecule has 2 aliphatic rings. The van der Waals surface area contributed by atoms with Crippen molar-refractivity contribution in [2.24, 2.45) is 0 Å². The number of benzene rings is 1. The average Bonchev–Trinajstić information content (AvgIpc) is 3.23. The van der Waals surface area contributed by atoms with E-state index in [1.807, 2.05) is 0 Å². The van der Waals surface area contributed by atoms with E-state index in [0.717, 1.165) is 68.3 Å². The first-order valence-corrected chi connectivity index (χ1v) is 10.1. The molecule has 1 aromatic heterocycles. The molecule has 2 saturated heterocycles. The lowest BCUT2D eigenvalue weighted by molar-refractivity contribution is 0.120. The molecule has 2 fully saturated rings. The summed E-state index contributed by atoms with van der Waals surface area (Å²) in [6, 6.07) is 8.33. The Labute approximate surface area is 167 Å². The lowest BCUT2D eigenvalue weighted by Gasteiger charge is -2.28. The molecule has 2 aliphatic heterocycles. The third-order valence-corrected chi connectivity index (χ3v) is 5.35.